The number of carbonyl (C=O) groups excluding carboxylic acids is 1. The second-order valence-corrected chi connectivity index (χ2v) is 6.68. The van der Waals surface area contributed by atoms with Gasteiger partial charge in [-0.3, -0.25) is 14.8 Å². The Morgan fingerprint density at radius 2 is 2.03 bits per heavy atom. The molecule has 0 bridgehead atoms. The molecule has 0 saturated carbocycles. The van der Waals surface area contributed by atoms with Gasteiger partial charge < -0.3 is 10.0 Å². The van der Waals surface area contributed by atoms with E-state index in [1.165, 1.54) is 4.90 Å². The van der Waals surface area contributed by atoms with Crippen LogP contribution in [0.2, 0.25) is 0 Å². The van der Waals surface area contributed by atoms with Crippen LogP contribution in [0.3, 0.4) is 0 Å². The van der Waals surface area contributed by atoms with Gasteiger partial charge in [-0.15, -0.1) is 0 Å². The van der Waals surface area contributed by atoms with E-state index in [2.05, 4.69) is 31.6 Å². The molecule has 8 nitrogen and oxygen atoms in total. The number of aromatic nitrogens is 4. The van der Waals surface area contributed by atoms with Crippen LogP contribution in [0.25, 0.3) is 22.8 Å². The number of carbonyl (C=O) groups is 1. The zero-order valence-electron chi connectivity index (χ0n) is 16.6. The summed E-state index contributed by atoms with van der Waals surface area (Å²) < 4.78 is 0. The van der Waals surface area contributed by atoms with E-state index in [4.69, 9.17) is 0 Å². The third-order valence-electron chi connectivity index (χ3n) is 4.57. The first kappa shape index (κ1) is 20.2. The number of aliphatic hydroxyl groups is 1. The van der Waals surface area contributed by atoms with Gasteiger partial charge in [-0.25, -0.2) is 15.0 Å². The van der Waals surface area contributed by atoms with Gasteiger partial charge in [-0.1, -0.05) is 0 Å². The topological polar surface area (TPSA) is 104 Å². The largest absolute Gasteiger partial charge is 0.394 e. The molecular weight excluding hydrogens is 368 g/mol. The van der Waals surface area contributed by atoms with Gasteiger partial charge in [-0.05, 0) is 44.3 Å². The Kier molecular flexibility index (Phi) is 6.04. The molecule has 0 spiro atoms. The average Bonchev–Trinajstić information content (AvgIpc) is 2.77. The number of amides is 1. The highest BCUT2D eigenvalue weighted by atomic mass is 16.3. The fourth-order valence-electron chi connectivity index (χ4n) is 2.72. The highest BCUT2D eigenvalue weighted by molar-refractivity contribution is 6.03. The first-order valence-electron chi connectivity index (χ1n) is 9.05. The Labute approximate surface area is 169 Å². The fourth-order valence-corrected chi connectivity index (χ4v) is 2.72. The minimum atomic E-state index is -0.366. The Hall–Kier alpha value is -3.52. The lowest BCUT2D eigenvalue weighted by molar-refractivity contribution is 0.0683. The molecule has 1 atom stereocenters. The summed E-state index contributed by atoms with van der Waals surface area (Å²) in [6.45, 7) is 7.13. The van der Waals surface area contributed by atoms with Crippen molar-refractivity contribution >= 4 is 18.3 Å². The molecule has 0 aliphatic carbocycles. The molecule has 3 rings (SSSR count). The summed E-state index contributed by atoms with van der Waals surface area (Å²) in [6.07, 6.45) is 6.68. The summed E-state index contributed by atoms with van der Waals surface area (Å²) in [5, 5.41) is 9.45. The maximum Gasteiger partial charge on any atom is 0.256 e. The molecule has 0 aromatic carbocycles. The number of aliphatic hydroxyl groups excluding tert-OH is 1. The van der Waals surface area contributed by atoms with E-state index in [-0.39, 0.29) is 18.6 Å². The van der Waals surface area contributed by atoms with Crippen molar-refractivity contribution in [2.75, 3.05) is 13.7 Å². The fraction of sp³-hybridized carbons (Fsp3) is 0.238. The second kappa shape index (κ2) is 8.66. The minimum absolute atomic E-state index is 0.159. The Balaban J connectivity index is 2.25. The van der Waals surface area contributed by atoms with E-state index in [1.807, 2.05) is 13.0 Å². The highest BCUT2D eigenvalue weighted by Crippen LogP contribution is 2.34. The van der Waals surface area contributed by atoms with Crippen molar-refractivity contribution in [1.29, 1.82) is 0 Å². The molecule has 0 fully saturated rings. The van der Waals surface area contributed by atoms with E-state index in [0.717, 1.165) is 5.56 Å². The van der Waals surface area contributed by atoms with Crippen LogP contribution in [0.1, 0.15) is 22.8 Å². The molecule has 1 N–H and O–H groups in total. The summed E-state index contributed by atoms with van der Waals surface area (Å²) in [4.78, 5) is 36.2. The quantitative estimate of drug-likeness (QED) is 0.649. The third-order valence-corrected chi connectivity index (χ3v) is 4.57. The zero-order valence-corrected chi connectivity index (χ0v) is 16.6. The summed E-state index contributed by atoms with van der Waals surface area (Å²) in [6, 6.07) is 4.85. The van der Waals surface area contributed by atoms with Crippen LogP contribution in [-0.4, -0.2) is 62.3 Å². The predicted octanol–water partition coefficient (Wildman–Crippen LogP) is 2.69. The molecule has 0 aliphatic heterocycles. The Bertz CT molecular complexity index is 1020. The first-order valence-corrected chi connectivity index (χ1v) is 9.05. The van der Waals surface area contributed by atoms with Crippen LogP contribution >= 0.6 is 0 Å². The molecular formula is C21H22N6O2. The SMILES string of the molecule is C=Nc1c(C(=O)N(C)[C@@H](C)CO)cc(-c2ncc(C)cn2)nc1-c1cccnc1. The lowest BCUT2D eigenvalue weighted by atomic mass is 10.0. The van der Waals surface area contributed by atoms with Crippen molar-refractivity contribution in [2.24, 2.45) is 4.99 Å². The van der Waals surface area contributed by atoms with Gasteiger partial charge in [0.25, 0.3) is 5.91 Å². The van der Waals surface area contributed by atoms with Crippen molar-refractivity contribution < 1.29 is 9.90 Å². The molecule has 148 valence electrons. The molecule has 29 heavy (non-hydrogen) atoms. The molecule has 1 amide bonds. The Morgan fingerprint density at radius 1 is 1.31 bits per heavy atom. The molecule has 3 heterocycles. The van der Waals surface area contributed by atoms with Gasteiger partial charge in [0.15, 0.2) is 5.82 Å². The van der Waals surface area contributed by atoms with E-state index >= 15 is 0 Å². The maximum atomic E-state index is 13.2. The molecule has 0 saturated heterocycles. The highest BCUT2D eigenvalue weighted by Gasteiger charge is 2.24. The summed E-state index contributed by atoms with van der Waals surface area (Å²) in [5.41, 5.74) is 3.15. The van der Waals surface area contributed by atoms with Gasteiger partial charge in [0.2, 0.25) is 0 Å². The number of rotatable bonds is 6. The molecule has 0 aliphatic rings. The van der Waals surface area contributed by atoms with E-state index in [9.17, 15) is 9.90 Å². The summed E-state index contributed by atoms with van der Waals surface area (Å²) in [7, 11) is 1.63. The maximum absolute atomic E-state index is 13.2. The zero-order chi connectivity index (χ0) is 21.0. The molecule has 0 unspecified atom stereocenters. The number of aryl methyl sites for hydroxylation is 1. The van der Waals surface area contributed by atoms with Gasteiger partial charge >= 0.3 is 0 Å². The smallest absolute Gasteiger partial charge is 0.256 e. The van der Waals surface area contributed by atoms with E-state index in [0.29, 0.717) is 34.0 Å². The van der Waals surface area contributed by atoms with Crippen LogP contribution in [0, 0.1) is 6.92 Å². The molecule has 3 aromatic rings. The first-order chi connectivity index (χ1) is 14.0. The standard InChI is InChI=1S/C21H22N6O2/c1-13-9-24-20(25-10-13)17-8-16(21(29)27(4)14(2)12-28)19(22-3)18(26-17)15-6-5-7-23-11-15/h5-11,14,28H,3,12H2,1-2,4H3/t14-/m0/s1. The summed E-state index contributed by atoms with van der Waals surface area (Å²) >= 11 is 0. The monoisotopic (exact) mass is 390 g/mol. The third kappa shape index (κ3) is 4.17. The lowest BCUT2D eigenvalue weighted by Gasteiger charge is -2.24. The average molecular weight is 390 g/mol. The molecule has 0 radical (unpaired) electrons. The van der Waals surface area contributed by atoms with Gasteiger partial charge in [-0.2, -0.15) is 0 Å². The van der Waals surface area contributed by atoms with Crippen molar-refractivity contribution in [1.82, 2.24) is 24.8 Å². The van der Waals surface area contributed by atoms with E-state index < -0.39 is 0 Å². The molecule has 8 heteroatoms. The Morgan fingerprint density at radius 3 is 2.62 bits per heavy atom. The van der Waals surface area contributed by atoms with Crippen LogP contribution in [0.5, 0.6) is 0 Å². The number of nitrogens with zero attached hydrogens (tertiary/aromatic N) is 6. The van der Waals surface area contributed by atoms with Crippen LogP contribution in [-0.2, 0) is 0 Å². The lowest BCUT2D eigenvalue weighted by Crippen LogP contribution is -2.37. The number of hydrogen-bond donors (Lipinski definition) is 1. The van der Waals surface area contributed by atoms with E-state index in [1.54, 1.807) is 50.9 Å². The van der Waals surface area contributed by atoms with Crippen LogP contribution in [0.4, 0.5) is 5.69 Å². The van der Waals surface area contributed by atoms with Crippen molar-refractivity contribution in [2.45, 2.75) is 19.9 Å². The molecule has 3 aromatic heterocycles. The van der Waals surface area contributed by atoms with Crippen LogP contribution in [0.15, 0.2) is 48.0 Å². The number of aliphatic imine (C=N–C) groups is 1. The van der Waals surface area contributed by atoms with Crippen LogP contribution < -0.4 is 0 Å². The number of likely N-dealkylation sites (N-methyl/N-ethyl adjacent to an activating group) is 1. The second-order valence-electron chi connectivity index (χ2n) is 6.68. The normalized spacial score (nSPS) is 11.7. The van der Waals surface area contributed by atoms with Crippen molar-refractivity contribution in [3.05, 3.63) is 54.1 Å². The van der Waals surface area contributed by atoms with Gasteiger partial charge in [0.1, 0.15) is 11.4 Å². The van der Waals surface area contributed by atoms with Gasteiger partial charge in [0.05, 0.1) is 23.9 Å². The van der Waals surface area contributed by atoms with Gasteiger partial charge in [0, 0.05) is 37.4 Å². The number of pyridine rings is 2. The predicted molar refractivity (Wildman–Crippen MR) is 111 cm³/mol. The number of hydrogen-bond acceptors (Lipinski definition) is 7. The van der Waals surface area contributed by atoms with Crippen molar-refractivity contribution in [3.63, 3.8) is 0 Å². The summed E-state index contributed by atoms with van der Waals surface area (Å²) in [5.74, 6) is 0.0816. The minimum Gasteiger partial charge on any atom is -0.394 e. The van der Waals surface area contributed by atoms with Crippen molar-refractivity contribution in [3.8, 4) is 22.8 Å².